The molecule has 3 rings (SSSR count). The van der Waals surface area contributed by atoms with Gasteiger partial charge in [-0.05, 0) is 54.6 Å². The first-order valence-electron chi connectivity index (χ1n) is 9.36. The Morgan fingerprint density at radius 1 is 1.13 bits per heavy atom. The van der Waals surface area contributed by atoms with E-state index in [2.05, 4.69) is 16.4 Å². The van der Waals surface area contributed by atoms with E-state index in [1.807, 2.05) is 30.3 Å². The molecule has 0 aliphatic rings. The summed E-state index contributed by atoms with van der Waals surface area (Å²) < 4.78 is 10.3. The summed E-state index contributed by atoms with van der Waals surface area (Å²) in [5.41, 5.74) is 2.74. The summed E-state index contributed by atoms with van der Waals surface area (Å²) in [5.74, 6) is 1.63. The van der Waals surface area contributed by atoms with Gasteiger partial charge >= 0.3 is 0 Å². The highest BCUT2D eigenvalue weighted by atomic mass is 35.5. The molecular formula is C23H20ClN3O3S. The van der Waals surface area contributed by atoms with Crippen LogP contribution in [0.15, 0.2) is 59.6 Å². The Hall–Kier alpha value is -3.21. The lowest BCUT2D eigenvalue weighted by molar-refractivity contribution is -0.115. The SMILES string of the molecule is COc1ccc(-c2ccc(C#N)c(SCCC(=O)Nc3ccc(OC)c(Cl)c3)n2)cc1. The number of rotatable bonds is 8. The van der Waals surface area contributed by atoms with E-state index in [1.54, 1.807) is 31.4 Å². The molecule has 0 aliphatic carbocycles. The number of nitriles is 1. The lowest BCUT2D eigenvalue weighted by Crippen LogP contribution is -2.12. The molecule has 0 fully saturated rings. The zero-order chi connectivity index (χ0) is 22.2. The molecule has 1 N–H and O–H groups in total. The van der Waals surface area contributed by atoms with Crippen LogP contribution in [0.25, 0.3) is 11.3 Å². The molecule has 0 atom stereocenters. The normalized spacial score (nSPS) is 10.3. The fraction of sp³-hybridized carbons (Fsp3) is 0.174. The molecule has 0 aliphatic heterocycles. The Morgan fingerprint density at radius 2 is 1.90 bits per heavy atom. The van der Waals surface area contributed by atoms with Crippen LogP contribution in [0.5, 0.6) is 11.5 Å². The number of amides is 1. The Kier molecular flexibility index (Phi) is 7.76. The number of ether oxygens (including phenoxy) is 2. The van der Waals surface area contributed by atoms with Crippen LogP contribution in [-0.2, 0) is 4.79 Å². The van der Waals surface area contributed by atoms with Crippen LogP contribution in [0.3, 0.4) is 0 Å². The number of carbonyl (C=O) groups excluding carboxylic acids is 1. The molecule has 8 heteroatoms. The number of pyridine rings is 1. The fourth-order valence-corrected chi connectivity index (χ4v) is 3.94. The van der Waals surface area contributed by atoms with Gasteiger partial charge in [0.15, 0.2) is 0 Å². The average Bonchev–Trinajstić information content (AvgIpc) is 2.79. The van der Waals surface area contributed by atoms with E-state index in [-0.39, 0.29) is 12.3 Å². The molecule has 0 radical (unpaired) electrons. The predicted molar refractivity (Wildman–Crippen MR) is 123 cm³/mol. The molecule has 1 heterocycles. The number of halogens is 1. The van der Waals surface area contributed by atoms with Gasteiger partial charge in [0.2, 0.25) is 5.91 Å². The molecule has 158 valence electrons. The Morgan fingerprint density at radius 3 is 2.55 bits per heavy atom. The molecule has 0 saturated carbocycles. The van der Waals surface area contributed by atoms with E-state index in [0.717, 1.165) is 17.0 Å². The van der Waals surface area contributed by atoms with E-state index in [1.165, 1.54) is 18.9 Å². The van der Waals surface area contributed by atoms with Gasteiger partial charge in [0, 0.05) is 23.4 Å². The van der Waals surface area contributed by atoms with Crippen LogP contribution in [0.1, 0.15) is 12.0 Å². The van der Waals surface area contributed by atoms with Crippen molar-refractivity contribution in [3.05, 3.63) is 65.2 Å². The van der Waals surface area contributed by atoms with Crippen LogP contribution in [0.2, 0.25) is 5.02 Å². The molecule has 1 amide bonds. The van der Waals surface area contributed by atoms with Gasteiger partial charge in [-0.3, -0.25) is 4.79 Å². The highest BCUT2D eigenvalue weighted by molar-refractivity contribution is 7.99. The van der Waals surface area contributed by atoms with E-state index in [9.17, 15) is 10.1 Å². The molecular weight excluding hydrogens is 434 g/mol. The van der Waals surface area contributed by atoms with Crippen molar-refractivity contribution < 1.29 is 14.3 Å². The molecule has 1 aromatic heterocycles. The van der Waals surface area contributed by atoms with E-state index in [0.29, 0.717) is 32.8 Å². The number of carbonyl (C=O) groups is 1. The summed E-state index contributed by atoms with van der Waals surface area (Å²) in [5, 5.41) is 13.2. The maximum absolute atomic E-state index is 12.3. The maximum atomic E-state index is 12.3. The third-order valence-corrected chi connectivity index (χ3v) is 5.66. The summed E-state index contributed by atoms with van der Waals surface area (Å²) in [6, 6.07) is 18.3. The summed E-state index contributed by atoms with van der Waals surface area (Å²) in [6.45, 7) is 0. The summed E-state index contributed by atoms with van der Waals surface area (Å²) >= 11 is 7.46. The van der Waals surface area contributed by atoms with Crippen molar-refractivity contribution in [3.8, 4) is 28.8 Å². The second kappa shape index (κ2) is 10.7. The average molecular weight is 454 g/mol. The molecule has 3 aromatic rings. The number of anilines is 1. The predicted octanol–water partition coefficient (Wildman–Crippen LogP) is 5.41. The maximum Gasteiger partial charge on any atom is 0.225 e. The summed E-state index contributed by atoms with van der Waals surface area (Å²) in [6.07, 6.45) is 0.258. The molecule has 2 aromatic carbocycles. The van der Waals surface area contributed by atoms with Gasteiger partial charge in [-0.1, -0.05) is 11.6 Å². The number of nitrogens with zero attached hydrogens (tertiary/aromatic N) is 2. The number of thioether (sulfide) groups is 1. The highest BCUT2D eigenvalue weighted by Crippen LogP contribution is 2.28. The number of hydrogen-bond acceptors (Lipinski definition) is 6. The van der Waals surface area contributed by atoms with E-state index in [4.69, 9.17) is 21.1 Å². The third kappa shape index (κ3) is 5.91. The summed E-state index contributed by atoms with van der Waals surface area (Å²) in [4.78, 5) is 16.9. The second-order valence-electron chi connectivity index (χ2n) is 6.39. The lowest BCUT2D eigenvalue weighted by atomic mass is 10.1. The minimum atomic E-state index is -0.154. The van der Waals surface area contributed by atoms with Crippen molar-refractivity contribution in [1.82, 2.24) is 4.98 Å². The van der Waals surface area contributed by atoms with Crippen LogP contribution >= 0.6 is 23.4 Å². The van der Waals surface area contributed by atoms with Gasteiger partial charge < -0.3 is 14.8 Å². The zero-order valence-corrected chi connectivity index (χ0v) is 18.6. The third-order valence-electron chi connectivity index (χ3n) is 4.37. The van der Waals surface area contributed by atoms with Crippen LogP contribution in [0, 0.1) is 11.3 Å². The fourth-order valence-electron chi connectivity index (χ4n) is 2.77. The van der Waals surface area contributed by atoms with Gasteiger partial charge in [0.1, 0.15) is 22.6 Å². The number of methoxy groups -OCH3 is 2. The zero-order valence-electron chi connectivity index (χ0n) is 17.0. The van der Waals surface area contributed by atoms with Crippen molar-refractivity contribution in [1.29, 1.82) is 5.26 Å². The Labute approximate surface area is 190 Å². The van der Waals surface area contributed by atoms with Crippen LogP contribution in [-0.4, -0.2) is 30.9 Å². The van der Waals surface area contributed by atoms with Gasteiger partial charge in [-0.25, -0.2) is 4.98 Å². The lowest BCUT2D eigenvalue weighted by Gasteiger charge is -2.09. The van der Waals surface area contributed by atoms with Crippen molar-refractivity contribution in [2.45, 2.75) is 11.4 Å². The van der Waals surface area contributed by atoms with Crippen molar-refractivity contribution in [3.63, 3.8) is 0 Å². The standard InChI is InChI=1S/C23H20ClN3O3S/c1-29-18-7-3-15(4-8-18)20-9-5-16(14-25)23(27-20)31-12-11-22(28)26-17-6-10-21(30-2)19(24)13-17/h3-10,13H,11-12H2,1-2H3,(H,26,28). The molecule has 0 spiro atoms. The van der Waals surface area contributed by atoms with Crippen LogP contribution < -0.4 is 14.8 Å². The van der Waals surface area contributed by atoms with E-state index < -0.39 is 0 Å². The quantitative estimate of drug-likeness (QED) is 0.459. The smallest absolute Gasteiger partial charge is 0.225 e. The van der Waals surface area contributed by atoms with Gasteiger partial charge in [-0.15, -0.1) is 11.8 Å². The van der Waals surface area contributed by atoms with E-state index >= 15 is 0 Å². The molecule has 6 nitrogen and oxygen atoms in total. The number of benzene rings is 2. The number of nitrogens with one attached hydrogen (secondary N) is 1. The van der Waals surface area contributed by atoms with Crippen LogP contribution in [0.4, 0.5) is 5.69 Å². The van der Waals surface area contributed by atoms with Gasteiger partial charge in [-0.2, -0.15) is 5.26 Å². The van der Waals surface area contributed by atoms with Crippen molar-refractivity contribution >= 4 is 35.0 Å². The minimum Gasteiger partial charge on any atom is -0.497 e. The minimum absolute atomic E-state index is 0.154. The van der Waals surface area contributed by atoms with Crippen molar-refractivity contribution in [2.75, 3.05) is 25.3 Å². The monoisotopic (exact) mass is 453 g/mol. The topological polar surface area (TPSA) is 84.2 Å². The second-order valence-corrected chi connectivity index (χ2v) is 7.88. The molecule has 0 unspecified atom stereocenters. The largest absolute Gasteiger partial charge is 0.497 e. The van der Waals surface area contributed by atoms with Crippen molar-refractivity contribution in [2.24, 2.45) is 0 Å². The number of aromatic nitrogens is 1. The Balaban J connectivity index is 1.63. The Bertz CT molecular complexity index is 1110. The molecule has 0 bridgehead atoms. The van der Waals surface area contributed by atoms with Gasteiger partial charge in [0.05, 0.1) is 30.5 Å². The first-order chi connectivity index (χ1) is 15.0. The molecule has 0 saturated heterocycles. The first kappa shape index (κ1) is 22.5. The first-order valence-corrected chi connectivity index (χ1v) is 10.7. The summed E-state index contributed by atoms with van der Waals surface area (Å²) in [7, 11) is 3.15. The van der Waals surface area contributed by atoms with Gasteiger partial charge in [0.25, 0.3) is 0 Å². The number of hydrogen-bond donors (Lipinski definition) is 1. The molecule has 31 heavy (non-hydrogen) atoms. The highest BCUT2D eigenvalue weighted by Gasteiger charge is 2.11.